The maximum Gasteiger partial charge on any atom is 0.240 e. The van der Waals surface area contributed by atoms with Gasteiger partial charge in [-0.25, -0.2) is 13.1 Å². The molecule has 0 spiro atoms. The molecule has 4 rings (SSSR count). The quantitative estimate of drug-likeness (QED) is 0.620. The van der Waals surface area contributed by atoms with Gasteiger partial charge in [0.15, 0.2) is 0 Å². The molecule has 1 aliphatic rings. The summed E-state index contributed by atoms with van der Waals surface area (Å²) in [6.07, 6.45) is 2.35. The van der Waals surface area contributed by atoms with Crippen LogP contribution in [-0.4, -0.2) is 33.0 Å². The summed E-state index contributed by atoms with van der Waals surface area (Å²) in [4.78, 5) is 2.68. The van der Waals surface area contributed by atoms with Crippen molar-refractivity contribution >= 4 is 21.4 Å². The van der Waals surface area contributed by atoms with Gasteiger partial charge in [-0.05, 0) is 71.6 Å². The molecule has 0 unspecified atom stereocenters. The van der Waals surface area contributed by atoms with Crippen LogP contribution in [0.25, 0.3) is 11.1 Å². The van der Waals surface area contributed by atoms with Crippen LogP contribution in [0.2, 0.25) is 0 Å². The lowest BCUT2D eigenvalue weighted by Crippen LogP contribution is -2.36. The number of nitrogens with one attached hydrogen (secondary N) is 1. The number of hydrogen-bond donors (Lipinski definition) is 1. The van der Waals surface area contributed by atoms with Crippen molar-refractivity contribution in [3.8, 4) is 11.1 Å². The Morgan fingerprint density at radius 2 is 1.61 bits per heavy atom. The van der Waals surface area contributed by atoms with Crippen molar-refractivity contribution in [1.82, 2.24) is 9.62 Å². The van der Waals surface area contributed by atoms with Gasteiger partial charge < -0.3 is 0 Å². The van der Waals surface area contributed by atoms with Gasteiger partial charge in [-0.15, -0.1) is 0 Å². The van der Waals surface area contributed by atoms with Crippen molar-refractivity contribution in [3.05, 3.63) is 77.0 Å². The van der Waals surface area contributed by atoms with E-state index in [9.17, 15) is 8.42 Å². The van der Waals surface area contributed by atoms with E-state index in [0.717, 1.165) is 24.2 Å². The first kappa shape index (κ1) is 19.3. The minimum absolute atomic E-state index is 0.0899. The van der Waals surface area contributed by atoms with Crippen molar-refractivity contribution in [2.45, 2.75) is 23.8 Å². The Balaban J connectivity index is 1.48. The number of nitrogens with zero attached hydrogens (tertiary/aromatic N) is 1. The van der Waals surface area contributed by atoms with Gasteiger partial charge in [0.05, 0.1) is 4.90 Å². The van der Waals surface area contributed by atoms with Crippen molar-refractivity contribution < 1.29 is 8.42 Å². The summed E-state index contributed by atoms with van der Waals surface area (Å²) in [5, 5.41) is 4.17. The van der Waals surface area contributed by atoms with Gasteiger partial charge in [-0.2, -0.15) is 11.3 Å². The highest BCUT2D eigenvalue weighted by molar-refractivity contribution is 7.89. The second kappa shape index (κ2) is 8.57. The van der Waals surface area contributed by atoms with E-state index in [-0.39, 0.29) is 6.04 Å². The number of thiophene rings is 1. The van der Waals surface area contributed by atoms with Crippen molar-refractivity contribution in [2.24, 2.45) is 0 Å². The van der Waals surface area contributed by atoms with Crippen LogP contribution in [-0.2, 0) is 10.0 Å². The molecule has 2 heterocycles. The van der Waals surface area contributed by atoms with Gasteiger partial charge in [0, 0.05) is 12.6 Å². The Morgan fingerprint density at radius 1 is 0.929 bits per heavy atom. The fourth-order valence-electron chi connectivity index (χ4n) is 3.70. The van der Waals surface area contributed by atoms with E-state index in [2.05, 4.69) is 26.4 Å². The number of hydrogen-bond acceptors (Lipinski definition) is 4. The smallest absolute Gasteiger partial charge is 0.240 e. The van der Waals surface area contributed by atoms with E-state index in [1.165, 1.54) is 18.4 Å². The zero-order valence-corrected chi connectivity index (χ0v) is 17.3. The highest BCUT2D eigenvalue weighted by Gasteiger charge is 2.26. The molecule has 1 fully saturated rings. The number of rotatable bonds is 7. The van der Waals surface area contributed by atoms with Crippen LogP contribution in [0.5, 0.6) is 0 Å². The molecule has 28 heavy (non-hydrogen) atoms. The maximum atomic E-state index is 12.8. The molecule has 1 saturated heterocycles. The number of likely N-dealkylation sites (tertiary alicyclic amines) is 1. The summed E-state index contributed by atoms with van der Waals surface area (Å²) >= 11 is 1.65. The van der Waals surface area contributed by atoms with Crippen LogP contribution in [0.15, 0.2) is 76.3 Å². The van der Waals surface area contributed by atoms with E-state index >= 15 is 0 Å². The molecule has 0 saturated carbocycles. The Labute approximate surface area is 170 Å². The molecule has 1 N–H and O–H groups in total. The van der Waals surface area contributed by atoms with Gasteiger partial charge in [0.2, 0.25) is 10.0 Å². The molecule has 0 radical (unpaired) electrons. The summed E-state index contributed by atoms with van der Waals surface area (Å²) in [7, 11) is -3.55. The van der Waals surface area contributed by atoms with Crippen molar-refractivity contribution in [3.63, 3.8) is 0 Å². The van der Waals surface area contributed by atoms with Crippen LogP contribution in [0.3, 0.4) is 0 Å². The largest absolute Gasteiger partial charge is 0.295 e. The average molecular weight is 413 g/mol. The zero-order chi connectivity index (χ0) is 19.4. The monoisotopic (exact) mass is 412 g/mol. The molecular weight excluding hydrogens is 388 g/mol. The second-order valence-corrected chi connectivity index (χ2v) is 9.60. The van der Waals surface area contributed by atoms with Crippen LogP contribution < -0.4 is 4.72 Å². The molecule has 146 valence electrons. The van der Waals surface area contributed by atoms with Crippen LogP contribution in [0, 0.1) is 0 Å². The third-order valence-electron chi connectivity index (χ3n) is 5.25. The fraction of sp³-hybridized carbons (Fsp3) is 0.273. The Bertz CT molecular complexity index is 979. The molecule has 0 bridgehead atoms. The normalized spacial score (nSPS) is 16.3. The molecule has 6 heteroatoms. The number of sulfonamides is 1. The highest BCUT2D eigenvalue weighted by Crippen LogP contribution is 2.27. The summed E-state index contributed by atoms with van der Waals surface area (Å²) in [5.74, 6) is 0. The lowest BCUT2D eigenvalue weighted by Gasteiger charge is -2.27. The summed E-state index contributed by atoms with van der Waals surface area (Å²) in [5.41, 5.74) is 3.27. The predicted octanol–water partition coefficient (Wildman–Crippen LogP) is 4.53. The minimum atomic E-state index is -3.55. The molecule has 3 aromatic rings. The van der Waals surface area contributed by atoms with Crippen LogP contribution in [0.1, 0.15) is 24.4 Å². The highest BCUT2D eigenvalue weighted by atomic mass is 32.2. The van der Waals surface area contributed by atoms with Gasteiger partial charge >= 0.3 is 0 Å². The van der Waals surface area contributed by atoms with Crippen molar-refractivity contribution in [2.75, 3.05) is 19.6 Å². The summed E-state index contributed by atoms with van der Waals surface area (Å²) in [6.45, 7) is 2.43. The van der Waals surface area contributed by atoms with Crippen LogP contribution >= 0.6 is 11.3 Å². The first-order chi connectivity index (χ1) is 13.6. The fourth-order valence-corrected chi connectivity index (χ4v) is 5.45. The molecule has 1 aliphatic heterocycles. The van der Waals surface area contributed by atoms with Gasteiger partial charge in [0.25, 0.3) is 0 Å². The van der Waals surface area contributed by atoms with Gasteiger partial charge in [-0.1, -0.05) is 42.5 Å². The predicted molar refractivity (Wildman–Crippen MR) is 115 cm³/mol. The zero-order valence-electron chi connectivity index (χ0n) is 15.6. The van der Waals surface area contributed by atoms with E-state index in [4.69, 9.17) is 0 Å². The second-order valence-electron chi connectivity index (χ2n) is 7.06. The number of benzene rings is 2. The standard InChI is InChI=1S/C22H24N2O2S2/c25-28(26,21-10-8-19(9-11-21)18-6-2-1-3-7-18)23-16-22(20-12-15-27-17-20)24-13-4-5-14-24/h1-3,6-12,15,17,22-23H,4-5,13-14,16H2/t22-/m1/s1. The Morgan fingerprint density at radius 3 is 2.25 bits per heavy atom. The van der Waals surface area contributed by atoms with Gasteiger partial charge in [0.1, 0.15) is 0 Å². The maximum absolute atomic E-state index is 12.8. The molecule has 0 amide bonds. The minimum Gasteiger partial charge on any atom is -0.295 e. The third kappa shape index (κ3) is 4.36. The molecule has 2 aromatic carbocycles. The van der Waals surface area contributed by atoms with E-state index in [1.54, 1.807) is 23.5 Å². The third-order valence-corrected chi connectivity index (χ3v) is 7.39. The van der Waals surface area contributed by atoms with Gasteiger partial charge in [-0.3, -0.25) is 4.90 Å². The van der Waals surface area contributed by atoms with Crippen molar-refractivity contribution in [1.29, 1.82) is 0 Å². The average Bonchev–Trinajstić information content (AvgIpc) is 3.44. The summed E-state index contributed by atoms with van der Waals surface area (Å²) < 4.78 is 28.5. The SMILES string of the molecule is O=S(=O)(NC[C@H](c1ccsc1)N1CCCC1)c1ccc(-c2ccccc2)cc1. The summed E-state index contributed by atoms with van der Waals surface area (Å²) in [6, 6.07) is 19.2. The Hall–Kier alpha value is -1.99. The van der Waals surface area contributed by atoms with E-state index < -0.39 is 10.0 Å². The topological polar surface area (TPSA) is 49.4 Å². The molecule has 0 aliphatic carbocycles. The van der Waals surface area contributed by atoms with E-state index in [0.29, 0.717) is 11.4 Å². The first-order valence-electron chi connectivity index (χ1n) is 9.55. The molecular formula is C22H24N2O2S2. The lowest BCUT2D eigenvalue weighted by atomic mass is 10.1. The lowest BCUT2D eigenvalue weighted by molar-refractivity contribution is 0.247. The van der Waals surface area contributed by atoms with E-state index in [1.807, 2.05) is 42.5 Å². The first-order valence-corrected chi connectivity index (χ1v) is 12.0. The molecule has 1 atom stereocenters. The molecule has 1 aromatic heterocycles. The molecule has 4 nitrogen and oxygen atoms in total. The van der Waals surface area contributed by atoms with Crippen LogP contribution in [0.4, 0.5) is 0 Å². The Kier molecular flexibility index (Phi) is 5.92.